The van der Waals surface area contributed by atoms with E-state index in [1.807, 2.05) is 63.4 Å². The van der Waals surface area contributed by atoms with Crippen LogP contribution in [0.15, 0.2) is 53.6 Å². The first kappa shape index (κ1) is 24.2. The molecule has 3 aromatic heterocycles. The summed E-state index contributed by atoms with van der Waals surface area (Å²) >= 11 is 1.77. The molecule has 1 unspecified atom stereocenters. The van der Waals surface area contributed by atoms with Crippen molar-refractivity contribution in [2.75, 3.05) is 11.1 Å². The quantitative estimate of drug-likeness (QED) is 0.370. The van der Waals surface area contributed by atoms with Crippen molar-refractivity contribution in [1.29, 1.82) is 0 Å². The zero-order valence-electron chi connectivity index (χ0n) is 21.0. The van der Waals surface area contributed by atoms with Gasteiger partial charge in [0.05, 0.1) is 35.1 Å². The van der Waals surface area contributed by atoms with Gasteiger partial charge in [0.1, 0.15) is 5.82 Å². The number of aryl methyl sites for hydroxylation is 3. The summed E-state index contributed by atoms with van der Waals surface area (Å²) in [4.78, 5) is 36.7. The van der Waals surface area contributed by atoms with E-state index in [0.29, 0.717) is 24.2 Å². The summed E-state index contributed by atoms with van der Waals surface area (Å²) in [7, 11) is 0. The fraction of sp³-hybridized carbons (Fsp3) is 0.321. The SMILES string of the molecule is CCSc1ccc(CC(=O)Nc2cc(C)c3c(n2)CCC(C)(c2ccc4nc(C)cn4n2)C3=O)cc1. The van der Waals surface area contributed by atoms with Crippen molar-refractivity contribution in [2.45, 2.75) is 57.3 Å². The Labute approximate surface area is 214 Å². The van der Waals surface area contributed by atoms with Crippen LogP contribution in [0.25, 0.3) is 5.65 Å². The summed E-state index contributed by atoms with van der Waals surface area (Å²) < 4.78 is 1.73. The fourth-order valence-corrected chi connectivity index (χ4v) is 5.49. The first-order valence-corrected chi connectivity index (χ1v) is 13.2. The lowest BCUT2D eigenvalue weighted by molar-refractivity contribution is -0.115. The van der Waals surface area contributed by atoms with E-state index in [4.69, 9.17) is 5.10 Å². The number of Topliss-reactive ketones (excluding diaryl/α,β-unsaturated/α-hetero) is 1. The average Bonchev–Trinajstić information content (AvgIpc) is 3.22. The van der Waals surface area contributed by atoms with E-state index in [0.717, 1.165) is 39.6 Å². The molecule has 1 amide bonds. The Morgan fingerprint density at radius 1 is 1.14 bits per heavy atom. The van der Waals surface area contributed by atoms with Crippen LogP contribution >= 0.6 is 11.8 Å². The summed E-state index contributed by atoms with van der Waals surface area (Å²) in [5, 5.41) is 7.63. The van der Waals surface area contributed by atoms with Crippen LogP contribution in [0.4, 0.5) is 5.82 Å². The smallest absolute Gasteiger partial charge is 0.229 e. The molecule has 1 N–H and O–H groups in total. The number of carbonyl (C=O) groups excluding carboxylic acids is 2. The number of hydrogen-bond donors (Lipinski definition) is 1. The molecular formula is C28H29N5O2S. The van der Waals surface area contributed by atoms with Gasteiger partial charge in [0.15, 0.2) is 11.4 Å². The van der Waals surface area contributed by atoms with Crippen LogP contribution in [-0.4, -0.2) is 37.0 Å². The lowest BCUT2D eigenvalue weighted by Crippen LogP contribution is -2.39. The van der Waals surface area contributed by atoms with Crippen LogP contribution < -0.4 is 5.32 Å². The standard InChI is InChI=1S/C28H29N5O2S/c1-5-36-20-8-6-19(7-9-20)15-25(34)31-23-14-17(2)26-21(30-23)12-13-28(4,27(26)35)22-10-11-24-29-18(3)16-33(24)32-22/h6-11,14,16H,5,12-13,15H2,1-4H3,(H,30,31,34). The van der Waals surface area contributed by atoms with E-state index in [-0.39, 0.29) is 18.1 Å². The molecule has 1 atom stereocenters. The van der Waals surface area contributed by atoms with Crippen LogP contribution in [0.3, 0.4) is 0 Å². The van der Waals surface area contributed by atoms with Crippen molar-refractivity contribution in [3.63, 3.8) is 0 Å². The van der Waals surface area contributed by atoms with Crippen molar-refractivity contribution in [3.05, 3.63) is 82.4 Å². The minimum absolute atomic E-state index is 0.0142. The van der Waals surface area contributed by atoms with Gasteiger partial charge in [0.2, 0.25) is 5.91 Å². The Morgan fingerprint density at radius 3 is 2.67 bits per heavy atom. The molecule has 0 radical (unpaired) electrons. The summed E-state index contributed by atoms with van der Waals surface area (Å²) in [5.74, 6) is 1.39. The molecule has 8 heteroatoms. The Hall–Kier alpha value is -3.52. The third-order valence-electron chi connectivity index (χ3n) is 6.75. The zero-order chi connectivity index (χ0) is 25.4. The van der Waals surface area contributed by atoms with Crippen LogP contribution in [0.5, 0.6) is 0 Å². The van der Waals surface area contributed by atoms with Crippen LogP contribution in [0.1, 0.15) is 58.8 Å². The number of pyridine rings is 1. The first-order chi connectivity index (χ1) is 17.3. The van der Waals surface area contributed by atoms with E-state index in [9.17, 15) is 9.59 Å². The second kappa shape index (κ2) is 9.50. The highest BCUT2D eigenvalue weighted by atomic mass is 32.2. The highest BCUT2D eigenvalue weighted by Crippen LogP contribution is 2.38. The van der Waals surface area contributed by atoms with Crippen molar-refractivity contribution in [2.24, 2.45) is 0 Å². The lowest BCUT2D eigenvalue weighted by Gasteiger charge is -2.33. The highest BCUT2D eigenvalue weighted by Gasteiger charge is 2.43. The number of imidazole rings is 1. The summed E-state index contributed by atoms with van der Waals surface area (Å²) in [6, 6.07) is 13.6. The summed E-state index contributed by atoms with van der Waals surface area (Å²) in [6.45, 7) is 7.90. The zero-order valence-corrected chi connectivity index (χ0v) is 21.8. The molecule has 7 nitrogen and oxygen atoms in total. The van der Waals surface area contributed by atoms with Crippen LogP contribution in [0.2, 0.25) is 0 Å². The molecule has 36 heavy (non-hydrogen) atoms. The number of thioether (sulfide) groups is 1. The number of ketones is 1. The fourth-order valence-electron chi connectivity index (χ4n) is 4.83. The number of hydrogen-bond acceptors (Lipinski definition) is 6. The summed E-state index contributed by atoms with van der Waals surface area (Å²) in [5.41, 5.74) is 4.74. The minimum Gasteiger partial charge on any atom is -0.310 e. The monoisotopic (exact) mass is 499 g/mol. The maximum atomic E-state index is 13.8. The van der Waals surface area contributed by atoms with Crippen LogP contribution in [-0.2, 0) is 23.1 Å². The van der Waals surface area contributed by atoms with Gasteiger partial charge in [-0.2, -0.15) is 5.10 Å². The Morgan fingerprint density at radius 2 is 1.92 bits per heavy atom. The van der Waals surface area contributed by atoms with Crippen molar-refractivity contribution < 1.29 is 9.59 Å². The lowest BCUT2D eigenvalue weighted by atomic mass is 9.70. The highest BCUT2D eigenvalue weighted by molar-refractivity contribution is 7.99. The third-order valence-corrected chi connectivity index (χ3v) is 7.65. The number of rotatable bonds is 6. The molecule has 3 heterocycles. The van der Waals surface area contributed by atoms with Gasteiger partial charge in [0.25, 0.3) is 0 Å². The van der Waals surface area contributed by atoms with Gasteiger partial charge in [-0.1, -0.05) is 19.1 Å². The van der Waals surface area contributed by atoms with Gasteiger partial charge >= 0.3 is 0 Å². The molecule has 184 valence electrons. The molecule has 0 fully saturated rings. The number of nitrogens with one attached hydrogen (secondary N) is 1. The molecule has 4 aromatic rings. The summed E-state index contributed by atoms with van der Waals surface area (Å²) in [6.07, 6.45) is 3.36. The van der Waals surface area contributed by atoms with Gasteiger partial charge in [-0.25, -0.2) is 14.5 Å². The van der Waals surface area contributed by atoms with E-state index in [1.54, 1.807) is 22.3 Å². The first-order valence-electron chi connectivity index (χ1n) is 12.2. The number of fused-ring (bicyclic) bond motifs is 2. The molecule has 1 aromatic carbocycles. The molecule has 0 saturated heterocycles. The van der Waals surface area contributed by atoms with Gasteiger partial charge in [-0.15, -0.1) is 11.8 Å². The minimum atomic E-state index is -0.751. The van der Waals surface area contributed by atoms with E-state index < -0.39 is 5.41 Å². The van der Waals surface area contributed by atoms with Crippen molar-refractivity contribution >= 4 is 34.9 Å². The number of anilines is 1. The van der Waals surface area contributed by atoms with Gasteiger partial charge in [-0.05, 0) is 80.8 Å². The van der Waals surface area contributed by atoms with E-state index >= 15 is 0 Å². The Bertz CT molecular complexity index is 1480. The van der Waals surface area contributed by atoms with Crippen LogP contribution in [0, 0.1) is 13.8 Å². The number of amides is 1. The molecule has 0 saturated carbocycles. The topological polar surface area (TPSA) is 89.2 Å². The molecule has 0 bridgehead atoms. The average molecular weight is 500 g/mol. The van der Waals surface area contributed by atoms with Gasteiger partial charge in [0, 0.05) is 10.5 Å². The second-order valence-electron chi connectivity index (χ2n) is 9.51. The molecule has 0 aliphatic heterocycles. The molecule has 1 aliphatic carbocycles. The number of nitrogens with zero attached hydrogens (tertiary/aromatic N) is 4. The van der Waals surface area contributed by atoms with Gasteiger partial charge < -0.3 is 5.32 Å². The van der Waals surface area contributed by atoms with Crippen molar-refractivity contribution in [3.8, 4) is 0 Å². The number of carbonyl (C=O) groups is 2. The molecule has 5 rings (SSSR count). The Kier molecular flexibility index (Phi) is 6.38. The molecule has 1 aliphatic rings. The predicted molar refractivity (Wildman–Crippen MR) is 142 cm³/mol. The van der Waals surface area contributed by atoms with E-state index in [2.05, 4.69) is 22.2 Å². The largest absolute Gasteiger partial charge is 0.310 e. The molecule has 0 spiro atoms. The molecular weight excluding hydrogens is 470 g/mol. The maximum Gasteiger partial charge on any atom is 0.229 e. The number of aromatic nitrogens is 4. The van der Waals surface area contributed by atoms with Gasteiger partial charge in [-0.3, -0.25) is 9.59 Å². The Balaban J connectivity index is 1.35. The van der Waals surface area contributed by atoms with Crippen molar-refractivity contribution in [1.82, 2.24) is 19.6 Å². The predicted octanol–water partition coefficient (Wildman–Crippen LogP) is 5.12. The number of benzene rings is 1. The van der Waals surface area contributed by atoms with E-state index in [1.165, 1.54) is 4.90 Å². The second-order valence-corrected chi connectivity index (χ2v) is 10.9. The maximum absolute atomic E-state index is 13.8. The normalized spacial score (nSPS) is 17.3. The third kappa shape index (κ3) is 4.53.